The Morgan fingerprint density at radius 3 is 2.64 bits per heavy atom. The molecule has 2 rings (SSSR count). The van der Waals surface area contributed by atoms with Gasteiger partial charge >= 0.3 is 12.0 Å². The van der Waals surface area contributed by atoms with Crippen molar-refractivity contribution in [1.29, 1.82) is 0 Å². The number of carbonyl (C=O) groups excluding carboxylic acids is 2. The van der Waals surface area contributed by atoms with Crippen molar-refractivity contribution < 1.29 is 19.5 Å². The number of hydrogen-bond acceptors (Lipinski definition) is 3. The summed E-state index contributed by atoms with van der Waals surface area (Å²) in [6.07, 6.45) is 1.62. The van der Waals surface area contributed by atoms with Crippen LogP contribution >= 0.6 is 0 Å². The first kappa shape index (κ1) is 18.8. The largest absolute Gasteiger partial charge is 0.480 e. The van der Waals surface area contributed by atoms with Crippen LogP contribution in [0.5, 0.6) is 0 Å². The lowest BCUT2D eigenvalue weighted by Crippen LogP contribution is -2.44. The van der Waals surface area contributed by atoms with Crippen molar-refractivity contribution >= 4 is 17.9 Å². The third-order valence-corrected chi connectivity index (χ3v) is 4.21. The molecule has 0 saturated carbocycles. The molecule has 1 aliphatic heterocycles. The van der Waals surface area contributed by atoms with E-state index in [9.17, 15) is 14.4 Å². The first-order chi connectivity index (χ1) is 12.0. The smallest absolute Gasteiger partial charge is 0.323 e. The maximum Gasteiger partial charge on any atom is 0.323 e. The molecular weight excluding hydrogens is 322 g/mol. The third-order valence-electron chi connectivity index (χ3n) is 4.21. The summed E-state index contributed by atoms with van der Waals surface area (Å²) in [6, 6.07) is 7.87. The van der Waals surface area contributed by atoms with Crippen molar-refractivity contribution in [3.05, 3.63) is 35.4 Å². The average molecular weight is 347 g/mol. The number of amides is 3. The Labute approximate surface area is 147 Å². The van der Waals surface area contributed by atoms with Crippen molar-refractivity contribution in [2.45, 2.75) is 32.7 Å². The number of carboxylic acid groups (broad SMARTS) is 1. The summed E-state index contributed by atoms with van der Waals surface area (Å²) >= 11 is 0. The van der Waals surface area contributed by atoms with Gasteiger partial charge in [-0.1, -0.05) is 31.2 Å². The quantitative estimate of drug-likeness (QED) is 0.781. The van der Waals surface area contributed by atoms with Gasteiger partial charge in [-0.25, -0.2) is 4.79 Å². The molecule has 0 aliphatic carbocycles. The van der Waals surface area contributed by atoms with Crippen LogP contribution in [-0.4, -0.2) is 59.0 Å². The first-order valence-electron chi connectivity index (χ1n) is 8.60. The molecule has 1 aromatic carbocycles. The number of hydrogen-bond donors (Lipinski definition) is 2. The molecule has 1 aliphatic rings. The highest BCUT2D eigenvalue weighted by atomic mass is 16.4. The van der Waals surface area contributed by atoms with Crippen LogP contribution in [0.15, 0.2) is 24.3 Å². The molecule has 0 spiro atoms. The topological polar surface area (TPSA) is 90.0 Å². The zero-order chi connectivity index (χ0) is 18.2. The van der Waals surface area contributed by atoms with Crippen LogP contribution in [0, 0.1) is 0 Å². The Balaban J connectivity index is 1.78. The molecule has 7 heteroatoms. The Morgan fingerprint density at radius 2 is 1.96 bits per heavy atom. The normalized spacial score (nSPS) is 13.1. The minimum atomic E-state index is -1.03. The van der Waals surface area contributed by atoms with Gasteiger partial charge in [-0.3, -0.25) is 9.59 Å². The summed E-state index contributed by atoms with van der Waals surface area (Å²) in [5.41, 5.74) is 2.42. The van der Waals surface area contributed by atoms with E-state index in [1.165, 1.54) is 10.5 Å². The lowest BCUT2D eigenvalue weighted by molar-refractivity contribution is -0.144. The fraction of sp³-hybridized carbons (Fsp3) is 0.500. The van der Waals surface area contributed by atoms with Gasteiger partial charge < -0.3 is 20.2 Å². The summed E-state index contributed by atoms with van der Waals surface area (Å²) in [6.45, 7) is 3.41. The van der Waals surface area contributed by atoms with E-state index in [2.05, 4.69) is 11.4 Å². The van der Waals surface area contributed by atoms with Gasteiger partial charge in [0, 0.05) is 32.6 Å². The standard InChI is InChI=1S/C18H25N3O4/c1-2-10-20(13-17(23)24)16(22)7-9-19-18(25)21-11-8-14-5-3-4-6-15(14)12-21/h3-6H,2,7-13H2,1H3,(H,19,25)(H,23,24). The molecular formula is C18H25N3O4. The summed E-state index contributed by atoms with van der Waals surface area (Å²) < 4.78 is 0. The van der Waals surface area contributed by atoms with E-state index < -0.39 is 5.97 Å². The van der Waals surface area contributed by atoms with E-state index in [1.807, 2.05) is 25.1 Å². The molecule has 0 bridgehead atoms. The second-order valence-corrected chi connectivity index (χ2v) is 6.13. The highest BCUT2D eigenvalue weighted by Crippen LogP contribution is 2.18. The average Bonchev–Trinajstić information content (AvgIpc) is 2.60. The molecule has 7 nitrogen and oxygen atoms in total. The molecule has 2 N–H and O–H groups in total. The number of carbonyl (C=O) groups is 3. The fourth-order valence-corrected chi connectivity index (χ4v) is 2.94. The molecule has 1 aromatic rings. The number of rotatable bonds is 7. The second kappa shape index (κ2) is 9.05. The van der Waals surface area contributed by atoms with E-state index in [0.717, 1.165) is 12.0 Å². The van der Waals surface area contributed by atoms with Gasteiger partial charge in [0.15, 0.2) is 0 Å². The number of urea groups is 1. The predicted molar refractivity (Wildman–Crippen MR) is 93.1 cm³/mol. The Kier molecular flexibility index (Phi) is 6.80. The van der Waals surface area contributed by atoms with Crippen molar-refractivity contribution in [2.24, 2.45) is 0 Å². The van der Waals surface area contributed by atoms with Crippen molar-refractivity contribution in [2.75, 3.05) is 26.2 Å². The summed E-state index contributed by atoms with van der Waals surface area (Å²) in [5, 5.41) is 11.6. The van der Waals surface area contributed by atoms with Crippen molar-refractivity contribution in [1.82, 2.24) is 15.1 Å². The number of benzene rings is 1. The molecule has 136 valence electrons. The lowest BCUT2D eigenvalue weighted by atomic mass is 10.0. The molecule has 0 aromatic heterocycles. The maximum absolute atomic E-state index is 12.3. The fourth-order valence-electron chi connectivity index (χ4n) is 2.94. The number of nitrogens with one attached hydrogen (secondary N) is 1. The highest BCUT2D eigenvalue weighted by molar-refractivity contribution is 5.82. The van der Waals surface area contributed by atoms with Crippen LogP contribution < -0.4 is 5.32 Å². The zero-order valence-electron chi connectivity index (χ0n) is 14.5. The molecule has 1 heterocycles. The predicted octanol–water partition coefficient (Wildman–Crippen LogP) is 1.47. The highest BCUT2D eigenvalue weighted by Gasteiger charge is 2.21. The van der Waals surface area contributed by atoms with Crippen LogP contribution in [0.3, 0.4) is 0 Å². The SMILES string of the molecule is CCCN(CC(=O)O)C(=O)CCNC(=O)N1CCc2ccccc2C1. The zero-order valence-corrected chi connectivity index (χ0v) is 14.5. The van der Waals surface area contributed by atoms with Crippen LogP contribution in [0.25, 0.3) is 0 Å². The molecule has 0 radical (unpaired) electrons. The van der Waals surface area contributed by atoms with Gasteiger partial charge in [0.25, 0.3) is 0 Å². The van der Waals surface area contributed by atoms with Gasteiger partial charge in [-0.05, 0) is 24.0 Å². The third kappa shape index (κ3) is 5.48. The maximum atomic E-state index is 12.3. The van der Waals surface area contributed by atoms with Gasteiger partial charge in [0.05, 0.1) is 0 Å². The Hall–Kier alpha value is -2.57. The van der Waals surface area contributed by atoms with E-state index in [4.69, 9.17) is 5.11 Å². The van der Waals surface area contributed by atoms with Crippen LogP contribution in [-0.2, 0) is 22.6 Å². The summed E-state index contributed by atoms with van der Waals surface area (Å²) in [5.74, 6) is -1.29. The second-order valence-electron chi connectivity index (χ2n) is 6.13. The molecule has 0 atom stereocenters. The minimum absolute atomic E-state index is 0.101. The van der Waals surface area contributed by atoms with Gasteiger partial charge in [-0.2, -0.15) is 0 Å². The molecule has 25 heavy (non-hydrogen) atoms. The van der Waals surface area contributed by atoms with E-state index in [1.54, 1.807) is 4.90 Å². The van der Waals surface area contributed by atoms with E-state index >= 15 is 0 Å². The summed E-state index contributed by atoms with van der Waals surface area (Å²) in [7, 11) is 0. The number of aliphatic carboxylic acids is 1. The molecule has 3 amide bonds. The lowest BCUT2D eigenvalue weighted by Gasteiger charge is -2.29. The monoisotopic (exact) mass is 347 g/mol. The number of carboxylic acids is 1. The van der Waals surface area contributed by atoms with Crippen LogP contribution in [0.4, 0.5) is 4.79 Å². The molecule has 0 saturated heterocycles. The van der Waals surface area contributed by atoms with E-state index in [0.29, 0.717) is 26.1 Å². The van der Waals surface area contributed by atoms with Gasteiger partial charge in [0.1, 0.15) is 6.54 Å². The van der Waals surface area contributed by atoms with Crippen LogP contribution in [0.2, 0.25) is 0 Å². The number of fused-ring (bicyclic) bond motifs is 1. The van der Waals surface area contributed by atoms with E-state index in [-0.39, 0.29) is 31.4 Å². The van der Waals surface area contributed by atoms with Gasteiger partial charge in [0.2, 0.25) is 5.91 Å². The van der Waals surface area contributed by atoms with Gasteiger partial charge in [-0.15, -0.1) is 0 Å². The Morgan fingerprint density at radius 1 is 1.24 bits per heavy atom. The van der Waals surface area contributed by atoms with Crippen molar-refractivity contribution in [3.8, 4) is 0 Å². The van der Waals surface area contributed by atoms with Crippen LogP contribution in [0.1, 0.15) is 30.9 Å². The first-order valence-corrected chi connectivity index (χ1v) is 8.60. The molecule has 0 fully saturated rings. The van der Waals surface area contributed by atoms with Crippen molar-refractivity contribution in [3.63, 3.8) is 0 Å². The number of nitrogens with zero attached hydrogens (tertiary/aromatic N) is 2. The molecule has 0 unspecified atom stereocenters. The summed E-state index contributed by atoms with van der Waals surface area (Å²) in [4.78, 5) is 38.2. The Bertz CT molecular complexity index is 633. The minimum Gasteiger partial charge on any atom is -0.480 e.